The fourth-order valence-electron chi connectivity index (χ4n) is 3.75. The number of fused-ring (bicyclic) bond motifs is 1. The van der Waals surface area contributed by atoms with E-state index < -0.39 is 0 Å². The number of carbonyl (C=O) groups excluding carboxylic acids is 1. The maximum absolute atomic E-state index is 12.3. The number of nitrogens with zero attached hydrogens (tertiary/aromatic N) is 2. The van der Waals surface area contributed by atoms with Crippen molar-refractivity contribution in [1.82, 2.24) is 9.88 Å². The number of likely N-dealkylation sites (tertiary alicyclic amines) is 1. The number of esters is 1. The molecule has 1 atom stereocenters. The van der Waals surface area contributed by atoms with Crippen LogP contribution >= 0.6 is 11.3 Å². The van der Waals surface area contributed by atoms with Crippen molar-refractivity contribution in [1.29, 1.82) is 0 Å². The first-order chi connectivity index (χ1) is 13.7. The minimum Gasteiger partial charge on any atom is -0.508 e. The highest BCUT2D eigenvalue weighted by molar-refractivity contribution is 7.21. The van der Waals surface area contributed by atoms with Gasteiger partial charge in [0, 0.05) is 17.7 Å². The normalized spacial score (nSPS) is 17.7. The van der Waals surface area contributed by atoms with Crippen LogP contribution in [0.1, 0.15) is 31.7 Å². The van der Waals surface area contributed by atoms with Gasteiger partial charge in [0.15, 0.2) is 0 Å². The molecule has 0 aliphatic carbocycles. The van der Waals surface area contributed by atoms with Crippen LogP contribution in [0.25, 0.3) is 20.8 Å². The Morgan fingerprint density at radius 3 is 2.96 bits per heavy atom. The Hall–Kier alpha value is -2.44. The monoisotopic (exact) mass is 396 g/mol. The SMILES string of the molecule is CCOC(=O)C1CCCCN1Cc1cc(-c2nc3ccccc3s2)ccc1O. The first-order valence-electron chi connectivity index (χ1n) is 9.74. The molecule has 0 bridgehead atoms. The summed E-state index contributed by atoms with van der Waals surface area (Å²) in [6, 6.07) is 13.4. The van der Waals surface area contributed by atoms with Gasteiger partial charge in [-0.3, -0.25) is 9.69 Å². The Kier molecular flexibility index (Phi) is 5.59. The number of phenols is 1. The number of aromatic nitrogens is 1. The Balaban J connectivity index is 1.60. The lowest BCUT2D eigenvalue weighted by atomic mass is 10.0. The molecule has 1 N–H and O–H groups in total. The highest BCUT2D eigenvalue weighted by atomic mass is 32.1. The van der Waals surface area contributed by atoms with Crippen molar-refractivity contribution in [2.24, 2.45) is 0 Å². The van der Waals surface area contributed by atoms with Gasteiger partial charge < -0.3 is 9.84 Å². The van der Waals surface area contributed by atoms with Gasteiger partial charge >= 0.3 is 5.97 Å². The lowest BCUT2D eigenvalue weighted by Crippen LogP contribution is -2.44. The quantitative estimate of drug-likeness (QED) is 0.639. The van der Waals surface area contributed by atoms with Gasteiger partial charge in [-0.25, -0.2) is 4.98 Å². The summed E-state index contributed by atoms with van der Waals surface area (Å²) in [5.41, 5.74) is 2.78. The van der Waals surface area contributed by atoms with Crippen molar-refractivity contribution >= 4 is 27.5 Å². The third-order valence-electron chi connectivity index (χ3n) is 5.17. The van der Waals surface area contributed by atoms with Crippen LogP contribution in [0.15, 0.2) is 42.5 Å². The van der Waals surface area contributed by atoms with Crippen LogP contribution in [-0.2, 0) is 16.1 Å². The van der Waals surface area contributed by atoms with Gasteiger partial charge in [-0.2, -0.15) is 0 Å². The zero-order valence-corrected chi connectivity index (χ0v) is 16.7. The van der Waals surface area contributed by atoms with E-state index in [-0.39, 0.29) is 17.8 Å². The second-order valence-corrected chi connectivity index (χ2v) is 8.09. The number of para-hydroxylation sites is 1. The van der Waals surface area contributed by atoms with E-state index in [9.17, 15) is 9.90 Å². The zero-order chi connectivity index (χ0) is 19.5. The minimum atomic E-state index is -0.237. The van der Waals surface area contributed by atoms with Crippen molar-refractivity contribution in [3.63, 3.8) is 0 Å². The van der Waals surface area contributed by atoms with Crippen LogP contribution in [0, 0.1) is 0 Å². The molecule has 0 spiro atoms. The minimum absolute atomic E-state index is 0.163. The van der Waals surface area contributed by atoms with Crippen LogP contribution in [0.3, 0.4) is 0 Å². The summed E-state index contributed by atoms with van der Waals surface area (Å²) < 4.78 is 6.40. The van der Waals surface area contributed by atoms with E-state index in [1.54, 1.807) is 17.4 Å². The van der Waals surface area contributed by atoms with Gasteiger partial charge in [0.1, 0.15) is 16.8 Å². The van der Waals surface area contributed by atoms with E-state index in [1.165, 1.54) is 0 Å². The molecule has 6 heteroatoms. The molecular weight excluding hydrogens is 372 g/mol. The average molecular weight is 397 g/mol. The number of piperidine rings is 1. The molecule has 1 unspecified atom stereocenters. The summed E-state index contributed by atoms with van der Waals surface area (Å²) in [4.78, 5) is 19.2. The Morgan fingerprint density at radius 2 is 2.14 bits per heavy atom. The first kappa shape index (κ1) is 18.9. The van der Waals surface area contributed by atoms with Crippen molar-refractivity contribution in [3.8, 4) is 16.3 Å². The summed E-state index contributed by atoms with van der Waals surface area (Å²) in [6.45, 7) is 3.57. The zero-order valence-electron chi connectivity index (χ0n) is 15.9. The van der Waals surface area contributed by atoms with Crippen LogP contribution < -0.4 is 0 Å². The predicted molar refractivity (Wildman–Crippen MR) is 111 cm³/mol. The van der Waals surface area contributed by atoms with E-state index in [0.29, 0.717) is 13.2 Å². The molecule has 1 aromatic heterocycles. The largest absolute Gasteiger partial charge is 0.508 e. The molecule has 3 aromatic rings. The van der Waals surface area contributed by atoms with Gasteiger partial charge in [0.05, 0.1) is 16.8 Å². The van der Waals surface area contributed by atoms with Gasteiger partial charge in [0.25, 0.3) is 0 Å². The number of thiazole rings is 1. The number of rotatable bonds is 5. The van der Waals surface area contributed by atoms with Crippen LogP contribution in [0.2, 0.25) is 0 Å². The molecule has 2 aromatic carbocycles. The second kappa shape index (κ2) is 8.29. The van der Waals surface area contributed by atoms with E-state index in [2.05, 4.69) is 11.0 Å². The summed E-state index contributed by atoms with van der Waals surface area (Å²) in [6.07, 6.45) is 2.88. The molecule has 1 saturated heterocycles. The third kappa shape index (κ3) is 3.88. The molecule has 5 nitrogen and oxygen atoms in total. The summed E-state index contributed by atoms with van der Waals surface area (Å²) >= 11 is 1.64. The highest BCUT2D eigenvalue weighted by Gasteiger charge is 2.30. The van der Waals surface area contributed by atoms with Crippen molar-refractivity contribution in [2.75, 3.05) is 13.2 Å². The molecule has 1 fully saturated rings. The van der Waals surface area contributed by atoms with Crippen LogP contribution in [-0.4, -0.2) is 40.2 Å². The third-order valence-corrected chi connectivity index (χ3v) is 6.25. The number of ether oxygens (including phenoxy) is 1. The van der Waals surface area contributed by atoms with Gasteiger partial charge in [0.2, 0.25) is 0 Å². The van der Waals surface area contributed by atoms with Crippen molar-refractivity contribution in [2.45, 2.75) is 38.8 Å². The molecule has 4 rings (SSSR count). The molecule has 1 aliphatic rings. The highest BCUT2D eigenvalue weighted by Crippen LogP contribution is 2.33. The lowest BCUT2D eigenvalue weighted by molar-refractivity contribution is -0.151. The number of carbonyl (C=O) groups is 1. The van der Waals surface area contributed by atoms with Crippen LogP contribution in [0.5, 0.6) is 5.75 Å². The molecular formula is C22H24N2O3S. The fourth-order valence-corrected chi connectivity index (χ4v) is 4.71. The van der Waals surface area contributed by atoms with E-state index in [4.69, 9.17) is 9.72 Å². The standard InChI is InChI=1S/C22H24N2O3S/c1-2-27-22(26)18-8-5-6-12-24(18)14-16-13-15(10-11-19(16)25)21-23-17-7-3-4-9-20(17)28-21/h3-4,7,9-11,13,18,25H,2,5-6,8,12,14H2,1H3. The summed E-state index contributed by atoms with van der Waals surface area (Å²) in [5, 5.41) is 11.4. The molecule has 146 valence electrons. The maximum atomic E-state index is 12.3. The molecule has 28 heavy (non-hydrogen) atoms. The van der Waals surface area contributed by atoms with Gasteiger partial charge in [-0.05, 0) is 56.6 Å². The number of aromatic hydroxyl groups is 1. The number of hydrogen-bond donors (Lipinski definition) is 1. The number of benzene rings is 2. The summed E-state index contributed by atoms with van der Waals surface area (Å²) in [7, 11) is 0. The Morgan fingerprint density at radius 1 is 1.29 bits per heavy atom. The average Bonchev–Trinajstić information content (AvgIpc) is 3.14. The Labute approximate surface area is 168 Å². The van der Waals surface area contributed by atoms with E-state index >= 15 is 0 Å². The Bertz CT molecular complexity index is 952. The maximum Gasteiger partial charge on any atom is 0.323 e. The second-order valence-electron chi connectivity index (χ2n) is 7.06. The van der Waals surface area contributed by atoms with E-state index in [1.807, 2.05) is 37.3 Å². The molecule has 0 amide bonds. The fraction of sp³-hybridized carbons (Fsp3) is 0.364. The van der Waals surface area contributed by atoms with Gasteiger partial charge in [-0.15, -0.1) is 11.3 Å². The predicted octanol–water partition coefficient (Wildman–Crippen LogP) is 4.59. The lowest BCUT2D eigenvalue weighted by Gasteiger charge is -2.34. The topological polar surface area (TPSA) is 62.7 Å². The molecule has 2 heterocycles. The smallest absolute Gasteiger partial charge is 0.323 e. The van der Waals surface area contributed by atoms with Gasteiger partial charge in [-0.1, -0.05) is 18.6 Å². The van der Waals surface area contributed by atoms with Crippen molar-refractivity contribution in [3.05, 3.63) is 48.0 Å². The van der Waals surface area contributed by atoms with Crippen molar-refractivity contribution < 1.29 is 14.6 Å². The number of phenolic OH excluding ortho intramolecular Hbond substituents is 1. The first-order valence-corrected chi connectivity index (χ1v) is 10.6. The summed E-state index contributed by atoms with van der Waals surface area (Å²) in [5.74, 6) is 0.0852. The van der Waals surface area contributed by atoms with Crippen LogP contribution in [0.4, 0.5) is 0 Å². The molecule has 1 aliphatic heterocycles. The number of hydrogen-bond acceptors (Lipinski definition) is 6. The molecule has 0 radical (unpaired) electrons. The molecule has 0 saturated carbocycles. The van der Waals surface area contributed by atoms with E-state index in [0.717, 1.165) is 52.2 Å².